The van der Waals surface area contributed by atoms with Gasteiger partial charge in [-0.05, 0) is 57.1 Å². The van der Waals surface area contributed by atoms with Gasteiger partial charge in [0.05, 0.1) is 35.3 Å². The number of rotatable bonds is 14. The Morgan fingerprint density at radius 3 is 2.73 bits per heavy atom. The van der Waals surface area contributed by atoms with Gasteiger partial charge in [0.1, 0.15) is 11.6 Å². The van der Waals surface area contributed by atoms with Gasteiger partial charge < -0.3 is 24.4 Å². The highest BCUT2D eigenvalue weighted by Crippen LogP contribution is 2.60. The fraction of sp³-hybridized carbons (Fsp3) is 0.567. The van der Waals surface area contributed by atoms with Crippen molar-refractivity contribution in [1.29, 1.82) is 0 Å². The molecule has 1 aromatic carbocycles. The van der Waals surface area contributed by atoms with E-state index in [9.17, 15) is 19.5 Å². The van der Waals surface area contributed by atoms with E-state index in [1.54, 1.807) is 28.0 Å². The molecule has 0 radical (unpaired) electrons. The van der Waals surface area contributed by atoms with E-state index in [4.69, 9.17) is 21.1 Å². The van der Waals surface area contributed by atoms with E-state index in [1.807, 2.05) is 19.1 Å². The van der Waals surface area contributed by atoms with Crippen LogP contribution in [0, 0.1) is 18.8 Å². The molecule has 8 nitrogen and oxygen atoms in total. The first-order valence-corrected chi connectivity index (χ1v) is 15.2. The molecule has 3 aliphatic heterocycles. The number of esters is 1. The first kappa shape index (κ1) is 30.8. The molecule has 40 heavy (non-hydrogen) atoms. The van der Waals surface area contributed by atoms with Crippen molar-refractivity contribution < 1.29 is 29.0 Å². The fourth-order valence-corrected chi connectivity index (χ4v) is 7.79. The van der Waals surface area contributed by atoms with Crippen LogP contribution in [0.15, 0.2) is 43.5 Å². The lowest BCUT2D eigenvalue weighted by molar-refractivity contribution is -0.155. The van der Waals surface area contributed by atoms with E-state index >= 15 is 0 Å². The highest BCUT2D eigenvalue weighted by molar-refractivity contribution is 9.09. The molecule has 218 valence electrons. The third kappa shape index (κ3) is 5.50. The van der Waals surface area contributed by atoms with Crippen LogP contribution in [0.3, 0.4) is 0 Å². The summed E-state index contributed by atoms with van der Waals surface area (Å²) < 4.78 is 12.2. The second kappa shape index (κ2) is 13.2. The molecule has 4 rings (SSSR count). The van der Waals surface area contributed by atoms with Crippen LogP contribution in [0.2, 0.25) is 5.02 Å². The number of nitrogens with zero attached hydrogens (tertiary/aromatic N) is 2. The van der Waals surface area contributed by atoms with Crippen molar-refractivity contribution in [3.05, 3.63) is 54.1 Å². The second-order valence-electron chi connectivity index (χ2n) is 10.7. The Labute approximate surface area is 249 Å². The Hall–Kier alpha value is -2.20. The standard InChI is InChI=1S/C30H38BrClN2O6/c1-4-6-10-17-39-29(38)22-23-27(36)34(15-8-7-9-16-35)26(30(23)18-20(31)25(22)40-30)28(37)33(14-5-2)24-19(3)12-11-13-21(24)32/h4-5,11-13,20,22-23,25-26,35H,1-2,6-10,14-18H2,3H3/t20?,22-,23-,25-,26?,30?/m0/s1. The van der Waals surface area contributed by atoms with Gasteiger partial charge in [0, 0.05) is 24.5 Å². The Morgan fingerprint density at radius 1 is 1.27 bits per heavy atom. The van der Waals surface area contributed by atoms with Gasteiger partial charge in [0.15, 0.2) is 0 Å². The van der Waals surface area contributed by atoms with Gasteiger partial charge >= 0.3 is 5.97 Å². The minimum atomic E-state index is -1.19. The molecule has 1 aromatic rings. The van der Waals surface area contributed by atoms with Crippen molar-refractivity contribution in [1.82, 2.24) is 4.90 Å². The number of allylic oxidation sites excluding steroid dienone is 1. The maximum absolute atomic E-state index is 14.6. The van der Waals surface area contributed by atoms with Gasteiger partial charge in [-0.25, -0.2) is 0 Å². The quantitative estimate of drug-likeness (QED) is 0.139. The average molecular weight is 638 g/mol. The SMILES string of the molecule is C=CCCCOC(=O)[C@H]1[C@H]2C(=O)N(CCCCCO)C(C(=O)N(CC=C)c3c(C)cccc3Cl)C23CC(Br)[C@@H]1O3. The van der Waals surface area contributed by atoms with Gasteiger partial charge in [0.2, 0.25) is 5.91 Å². The number of aliphatic hydroxyl groups is 1. The summed E-state index contributed by atoms with van der Waals surface area (Å²) in [5, 5.41) is 9.68. The van der Waals surface area contributed by atoms with Crippen LogP contribution < -0.4 is 4.90 Å². The van der Waals surface area contributed by atoms with Crippen LogP contribution in [-0.4, -0.2) is 76.7 Å². The zero-order chi connectivity index (χ0) is 29.0. The zero-order valence-electron chi connectivity index (χ0n) is 22.9. The van der Waals surface area contributed by atoms with E-state index < -0.39 is 35.6 Å². The third-order valence-electron chi connectivity index (χ3n) is 8.19. The minimum Gasteiger partial charge on any atom is -0.465 e. The summed E-state index contributed by atoms with van der Waals surface area (Å²) in [6, 6.07) is 4.47. The van der Waals surface area contributed by atoms with Crippen LogP contribution >= 0.6 is 27.5 Å². The molecule has 3 aliphatic rings. The number of halogens is 2. The van der Waals surface area contributed by atoms with Crippen LogP contribution in [0.25, 0.3) is 0 Å². The van der Waals surface area contributed by atoms with Crippen LogP contribution in [0.5, 0.6) is 0 Å². The molecular weight excluding hydrogens is 600 g/mol. The number of carbonyl (C=O) groups is 3. The summed E-state index contributed by atoms with van der Waals surface area (Å²) in [5.41, 5.74) is 0.179. The van der Waals surface area contributed by atoms with E-state index in [2.05, 4.69) is 29.1 Å². The zero-order valence-corrected chi connectivity index (χ0v) is 25.2. The number of amides is 2. The Kier molecular flexibility index (Phi) is 10.1. The van der Waals surface area contributed by atoms with E-state index in [-0.39, 0.29) is 36.4 Å². The summed E-state index contributed by atoms with van der Waals surface area (Å²) in [4.78, 5) is 45.1. The second-order valence-corrected chi connectivity index (χ2v) is 12.3. The molecule has 6 atom stereocenters. The monoisotopic (exact) mass is 636 g/mol. The van der Waals surface area contributed by atoms with Gasteiger partial charge in [-0.2, -0.15) is 0 Å². The average Bonchev–Trinajstić information content (AvgIpc) is 3.51. The normalized spacial score (nSPS) is 28.4. The lowest BCUT2D eigenvalue weighted by Gasteiger charge is -2.37. The minimum absolute atomic E-state index is 0.0532. The molecule has 2 amide bonds. The first-order valence-electron chi connectivity index (χ1n) is 13.9. The summed E-state index contributed by atoms with van der Waals surface area (Å²) in [6.07, 6.45) is 6.45. The number of hydrogen-bond acceptors (Lipinski definition) is 6. The molecule has 3 unspecified atom stereocenters. The molecule has 3 saturated heterocycles. The third-order valence-corrected chi connectivity index (χ3v) is 9.34. The molecule has 1 N–H and O–H groups in total. The first-order chi connectivity index (χ1) is 19.2. The molecular formula is C30H38BrClN2O6. The van der Waals surface area contributed by atoms with Crippen LogP contribution in [0.4, 0.5) is 5.69 Å². The number of benzene rings is 1. The summed E-state index contributed by atoms with van der Waals surface area (Å²) in [5.74, 6) is -2.72. The van der Waals surface area contributed by atoms with Crippen LogP contribution in [-0.2, 0) is 23.9 Å². The molecule has 0 saturated carbocycles. The number of para-hydroxylation sites is 1. The number of aryl methyl sites for hydroxylation is 1. The predicted octanol–water partition coefficient (Wildman–Crippen LogP) is 4.59. The molecule has 1 spiro atoms. The Bertz CT molecular complexity index is 1130. The van der Waals surface area contributed by atoms with Gasteiger partial charge in [-0.1, -0.05) is 51.8 Å². The van der Waals surface area contributed by atoms with Gasteiger partial charge in [-0.3, -0.25) is 14.4 Å². The number of hydrogen-bond donors (Lipinski definition) is 1. The largest absolute Gasteiger partial charge is 0.465 e. The van der Waals surface area contributed by atoms with E-state index in [0.29, 0.717) is 55.8 Å². The highest BCUT2D eigenvalue weighted by atomic mass is 79.9. The lowest BCUT2D eigenvalue weighted by atomic mass is 9.70. The number of fused-ring (bicyclic) bond motifs is 1. The Morgan fingerprint density at radius 2 is 2.05 bits per heavy atom. The summed E-state index contributed by atoms with van der Waals surface area (Å²) >= 11 is 10.3. The molecule has 3 fully saturated rings. The lowest BCUT2D eigenvalue weighted by Crippen LogP contribution is -2.57. The van der Waals surface area contributed by atoms with Crippen molar-refractivity contribution in [2.75, 3.05) is 31.2 Å². The number of aliphatic hydroxyl groups excluding tert-OH is 1. The van der Waals surface area contributed by atoms with Gasteiger partial charge in [-0.15, -0.1) is 13.2 Å². The summed E-state index contributed by atoms with van der Waals surface area (Å²) in [6.45, 7) is 10.2. The number of alkyl halides is 1. The number of likely N-dealkylation sites (tertiary alicyclic amines) is 1. The van der Waals surface area contributed by atoms with Crippen LogP contribution in [0.1, 0.15) is 44.1 Å². The maximum atomic E-state index is 14.6. The molecule has 3 heterocycles. The maximum Gasteiger partial charge on any atom is 0.312 e. The van der Waals surface area contributed by atoms with E-state index in [1.165, 1.54) is 0 Å². The molecule has 0 aromatic heterocycles. The number of unbranched alkanes of at least 4 members (excludes halogenated alkanes) is 3. The van der Waals surface area contributed by atoms with Crippen molar-refractivity contribution in [2.24, 2.45) is 11.8 Å². The number of anilines is 1. The number of ether oxygens (including phenoxy) is 2. The number of carbonyl (C=O) groups excluding carboxylic acids is 3. The van der Waals surface area contributed by atoms with Crippen molar-refractivity contribution in [3.8, 4) is 0 Å². The Balaban J connectivity index is 1.73. The molecule has 0 aliphatic carbocycles. The fourth-order valence-electron chi connectivity index (χ4n) is 6.52. The van der Waals surface area contributed by atoms with Gasteiger partial charge in [0.25, 0.3) is 5.91 Å². The molecule has 2 bridgehead atoms. The summed E-state index contributed by atoms with van der Waals surface area (Å²) in [7, 11) is 0. The highest BCUT2D eigenvalue weighted by Gasteiger charge is 2.77. The van der Waals surface area contributed by atoms with Crippen molar-refractivity contribution >= 4 is 51.0 Å². The predicted molar refractivity (Wildman–Crippen MR) is 157 cm³/mol. The van der Waals surface area contributed by atoms with Crippen molar-refractivity contribution in [3.63, 3.8) is 0 Å². The smallest absolute Gasteiger partial charge is 0.312 e. The van der Waals surface area contributed by atoms with Crippen molar-refractivity contribution in [2.45, 2.75) is 68.0 Å². The topological polar surface area (TPSA) is 96.4 Å². The molecule has 10 heteroatoms. The van der Waals surface area contributed by atoms with E-state index in [0.717, 1.165) is 5.56 Å².